The lowest BCUT2D eigenvalue weighted by Crippen LogP contribution is -2.20. The molecule has 0 aromatic rings. The number of carbonyl (C=O) groups excluding carboxylic acids is 1. The number of hydrogen-bond acceptors (Lipinski definition) is 2. The van der Waals surface area contributed by atoms with Crippen molar-refractivity contribution < 1.29 is 14.7 Å². The number of aliphatic carboxylic acids is 1. The maximum absolute atomic E-state index is 11.8. The fourth-order valence-electron chi connectivity index (χ4n) is 2.63. The molecule has 3 heteroatoms. The molecule has 2 atom stereocenters. The second-order valence-electron chi connectivity index (χ2n) is 5.89. The molecule has 0 heterocycles. The van der Waals surface area contributed by atoms with Gasteiger partial charge in [0.25, 0.3) is 0 Å². The van der Waals surface area contributed by atoms with E-state index in [1.807, 2.05) is 6.08 Å². The van der Waals surface area contributed by atoms with Crippen LogP contribution in [0, 0.1) is 17.8 Å². The van der Waals surface area contributed by atoms with Crippen molar-refractivity contribution in [1.29, 1.82) is 0 Å². The monoisotopic (exact) mass is 252 g/mol. The molecular weight excluding hydrogens is 228 g/mol. The SMILES string of the molecule is CC(C)CC(=O)C[C@H](C)[C@H]1CC=C(C(=O)O)CC1. The number of rotatable bonds is 6. The first-order chi connectivity index (χ1) is 8.40. The Labute approximate surface area is 109 Å². The summed E-state index contributed by atoms with van der Waals surface area (Å²) in [4.78, 5) is 22.6. The molecule has 1 aliphatic carbocycles. The maximum Gasteiger partial charge on any atom is 0.331 e. The normalized spacial score (nSPS) is 21.6. The minimum absolute atomic E-state index is 0.338. The van der Waals surface area contributed by atoms with Gasteiger partial charge in [-0.3, -0.25) is 4.79 Å². The first kappa shape index (κ1) is 14.9. The first-order valence-electron chi connectivity index (χ1n) is 6.84. The van der Waals surface area contributed by atoms with Gasteiger partial charge >= 0.3 is 5.97 Å². The Morgan fingerprint density at radius 1 is 1.33 bits per heavy atom. The van der Waals surface area contributed by atoms with E-state index < -0.39 is 5.97 Å². The van der Waals surface area contributed by atoms with Crippen molar-refractivity contribution in [3.63, 3.8) is 0 Å². The van der Waals surface area contributed by atoms with Crippen LogP contribution in [0.25, 0.3) is 0 Å². The van der Waals surface area contributed by atoms with Crippen molar-refractivity contribution in [1.82, 2.24) is 0 Å². The van der Waals surface area contributed by atoms with Crippen LogP contribution in [0.5, 0.6) is 0 Å². The molecule has 0 aromatic carbocycles. The van der Waals surface area contributed by atoms with Gasteiger partial charge in [0, 0.05) is 18.4 Å². The zero-order valence-electron chi connectivity index (χ0n) is 11.6. The standard InChI is InChI=1S/C15H24O3/c1-10(2)8-14(16)9-11(3)12-4-6-13(7-5-12)15(17)18/h6,10-12H,4-5,7-9H2,1-3H3,(H,17,18)/t11-,12-/m0/s1. The molecule has 1 rings (SSSR count). The number of ketones is 1. The van der Waals surface area contributed by atoms with E-state index in [2.05, 4.69) is 20.8 Å². The maximum atomic E-state index is 11.8. The zero-order chi connectivity index (χ0) is 13.7. The zero-order valence-corrected chi connectivity index (χ0v) is 11.6. The van der Waals surface area contributed by atoms with Gasteiger partial charge in [-0.15, -0.1) is 0 Å². The second-order valence-corrected chi connectivity index (χ2v) is 5.89. The number of hydrogen-bond donors (Lipinski definition) is 1. The minimum Gasteiger partial charge on any atom is -0.478 e. The summed E-state index contributed by atoms with van der Waals surface area (Å²) in [5.74, 6) is 0.795. The van der Waals surface area contributed by atoms with E-state index in [4.69, 9.17) is 5.11 Å². The molecule has 0 bridgehead atoms. The molecule has 0 aliphatic heterocycles. The second kappa shape index (κ2) is 6.72. The summed E-state index contributed by atoms with van der Waals surface area (Å²) >= 11 is 0. The van der Waals surface area contributed by atoms with Crippen molar-refractivity contribution in [2.75, 3.05) is 0 Å². The van der Waals surface area contributed by atoms with Crippen molar-refractivity contribution in [2.45, 2.75) is 52.9 Å². The third kappa shape index (κ3) is 4.63. The van der Waals surface area contributed by atoms with Crippen molar-refractivity contribution in [3.05, 3.63) is 11.6 Å². The smallest absolute Gasteiger partial charge is 0.331 e. The van der Waals surface area contributed by atoms with Gasteiger partial charge in [-0.25, -0.2) is 4.79 Å². The summed E-state index contributed by atoms with van der Waals surface area (Å²) in [6, 6.07) is 0. The summed E-state index contributed by atoms with van der Waals surface area (Å²) < 4.78 is 0. The molecule has 3 nitrogen and oxygen atoms in total. The third-order valence-electron chi connectivity index (χ3n) is 3.72. The van der Waals surface area contributed by atoms with Gasteiger partial charge in [-0.2, -0.15) is 0 Å². The van der Waals surface area contributed by atoms with Crippen LogP contribution in [-0.4, -0.2) is 16.9 Å². The lowest BCUT2D eigenvalue weighted by molar-refractivity contribution is -0.133. The molecule has 0 aromatic heterocycles. The first-order valence-corrected chi connectivity index (χ1v) is 6.84. The van der Waals surface area contributed by atoms with Crippen LogP contribution >= 0.6 is 0 Å². The fourth-order valence-corrected chi connectivity index (χ4v) is 2.63. The van der Waals surface area contributed by atoms with Gasteiger partial charge in [0.15, 0.2) is 0 Å². The number of carboxylic acid groups (broad SMARTS) is 1. The highest BCUT2D eigenvalue weighted by Gasteiger charge is 2.24. The van der Waals surface area contributed by atoms with Crippen LogP contribution < -0.4 is 0 Å². The molecule has 0 saturated heterocycles. The number of allylic oxidation sites excluding steroid dienone is 1. The molecule has 0 unspecified atom stereocenters. The van der Waals surface area contributed by atoms with Gasteiger partial charge in [-0.05, 0) is 37.0 Å². The summed E-state index contributed by atoms with van der Waals surface area (Å²) in [6.07, 6.45) is 5.47. The number of carbonyl (C=O) groups is 2. The van der Waals surface area contributed by atoms with Crippen molar-refractivity contribution in [2.24, 2.45) is 17.8 Å². The van der Waals surface area contributed by atoms with Crippen molar-refractivity contribution in [3.8, 4) is 0 Å². The van der Waals surface area contributed by atoms with Crippen LogP contribution in [0.15, 0.2) is 11.6 Å². The molecule has 18 heavy (non-hydrogen) atoms. The number of Topliss-reactive ketones (excluding diaryl/α,β-unsaturated/α-hetero) is 1. The molecule has 102 valence electrons. The Bertz CT molecular complexity index is 342. The topological polar surface area (TPSA) is 54.4 Å². The Morgan fingerprint density at radius 3 is 2.44 bits per heavy atom. The van der Waals surface area contributed by atoms with Crippen LogP contribution in [0.1, 0.15) is 52.9 Å². The average Bonchev–Trinajstić information content (AvgIpc) is 2.27. The van der Waals surface area contributed by atoms with Crippen LogP contribution in [-0.2, 0) is 9.59 Å². The third-order valence-corrected chi connectivity index (χ3v) is 3.72. The fraction of sp³-hybridized carbons (Fsp3) is 0.733. The van der Waals surface area contributed by atoms with E-state index in [-0.39, 0.29) is 0 Å². The Balaban J connectivity index is 2.43. The summed E-state index contributed by atoms with van der Waals surface area (Å²) in [7, 11) is 0. The minimum atomic E-state index is -0.794. The van der Waals surface area contributed by atoms with Crippen molar-refractivity contribution >= 4 is 11.8 Å². The Morgan fingerprint density at radius 2 is 2.00 bits per heavy atom. The van der Waals surface area contributed by atoms with Crippen LogP contribution in [0.2, 0.25) is 0 Å². The van der Waals surface area contributed by atoms with E-state index in [1.165, 1.54) is 0 Å². The van der Waals surface area contributed by atoms with E-state index in [1.54, 1.807) is 0 Å². The Kier molecular flexibility index (Phi) is 5.57. The van der Waals surface area contributed by atoms with Gasteiger partial charge in [-0.1, -0.05) is 26.8 Å². The summed E-state index contributed by atoms with van der Waals surface area (Å²) in [5.41, 5.74) is 0.534. The molecule has 1 aliphatic rings. The van der Waals surface area contributed by atoms with E-state index in [0.717, 1.165) is 12.8 Å². The molecule has 0 amide bonds. The van der Waals surface area contributed by atoms with E-state index in [0.29, 0.717) is 48.4 Å². The Hall–Kier alpha value is -1.12. The highest BCUT2D eigenvalue weighted by Crippen LogP contribution is 2.31. The summed E-state index contributed by atoms with van der Waals surface area (Å²) in [6.45, 7) is 6.23. The quantitative estimate of drug-likeness (QED) is 0.787. The summed E-state index contributed by atoms with van der Waals surface area (Å²) in [5, 5.41) is 8.89. The predicted octanol–water partition coefficient (Wildman–Crippen LogP) is 3.44. The van der Waals surface area contributed by atoms with Gasteiger partial charge in [0.05, 0.1) is 0 Å². The van der Waals surface area contributed by atoms with Crippen LogP contribution in [0.4, 0.5) is 0 Å². The predicted molar refractivity (Wildman–Crippen MR) is 71.3 cm³/mol. The molecule has 0 fully saturated rings. The highest BCUT2D eigenvalue weighted by molar-refractivity contribution is 5.86. The molecular formula is C15H24O3. The average molecular weight is 252 g/mol. The van der Waals surface area contributed by atoms with Gasteiger partial charge < -0.3 is 5.11 Å². The lowest BCUT2D eigenvalue weighted by Gasteiger charge is -2.26. The lowest BCUT2D eigenvalue weighted by atomic mass is 9.79. The number of carboxylic acids is 1. The van der Waals surface area contributed by atoms with Gasteiger partial charge in [0.1, 0.15) is 5.78 Å². The van der Waals surface area contributed by atoms with Gasteiger partial charge in [0.2, 0.25) is 0 Å². The molecule has 1 N–H and O–H groups in total. The largest absolute Gasteiger partial charge is 0.478 e. The highest BCUT2D eigenvalue weighted by atomic mass is 16.4. The molecule has 0 spiro atoms. The van der Waals surface area contributed by atoms with E-state index >= 15 is 0 Å². The molecule has 0 radical (unpaired) electrons. The van der Waals surface area contributed by atoms with E-state index in [9.17, 15) is 9.59 Å². The molecule has 0 saturated carbocycles. The van der Waals surface area contributed by atoms with Crippen LogP contribution in [0.3, 0.4) is 0 Å².